The quantitative estimate of drug-likeness (QED) is 0.692. The fraction of sp³-hybridized carbons (Fsp3) is 0.208. The van der Waals surface area contributed by atoms with E-state index in [0.29, 0.717) is 6.42 Å². The SMILES string of the molecule is COc1cccc([C@H]2Oc3ccccc3[C@@H]3CC(c4cc(C)ccc4O)=NN23)c1. The number of para-hydroxylation sites is 1. The van der Waals surface area contributed by atoms with Crippen LogP contribution in [0.2, 0.25) is 0 Å². The number of rotatable bonds is 3. The van der Waals surface area contributed by atoms with E-state index >= 15 is 0 Å². The van der Waals surface area contributed by atoms with E-state index in [1.807, 2.05) is 66.5 Å². The van der Waals surface area contributed by atoms with Crippen LogP contribution in [-0.2, 0) is 0 Å². The number of fused-ring (bicyclic) bond motifs is 3. The van der Waals surface area contributed by atoms with Gasteiger partial charge < -0.3 is 14.6 Å². The number of aromatic hydroxyl groups is 1. The van der Waals surface area contributed by atoms with Crippen LogP contribution in [0.3, 0.4) is 0 Å². The molecule has 0 aliphatic carbocycles. The van der Waals surface area contributed by atoms with Crippen LogP contribution in [0.1, 0.15) is 40.9 Å². The lowest BCUT2D eigenvalue weighted by molar-refractivity contribution is -0.0191. The summed E-state index contributed by atoms with van der Waals surface area (Å²) >= 11 is 0. The minimum absolute atomic E-state index is 0.0473. The summed E-state index contributed by atoms with van der Waals surface area (Å²) in [6, 6.07) is 21.6. The summed E-state index contributed by atoms with van der Waals surface area (Å²) in [6.45, 7) is 2.02. The Bertz CT molecular complexity index is 1110. The summed E-state index contributed by atoms with van der Waals surface area (Å²) in [6.07, 6.45) is 0.340. The Hall–Kier alpha value is -3.47. The minimum Gasteiger partial charge on any atom is -0.507 e. The Morgan fingerprint density at radius 2 is 1.93 bits per heavy atom. The molecule has 2 aliphatic rings. The van der Waals surface area contributed by atoms with Crippen LogP contribution in [-0.4, -0.2) is 22.9 Å². The number of phenols is 1. The van der Waals surface area contributed by atoms with Gasteiger partial charge in [0.05, 0.1) is 18.9 Å². The van der Waals surface area contributed by atoms with E-state index in [-0.39, 0.29) is 18.0 Å². The zero-order chi connectivity index (χ0) is 20.0. The largest absolute Gasteiger partial charge is 0.507 e. The first-order valence-corrected chi connectivity index (χ1v) is 9.69. The van der Waals surface area contributed by atoms with Crippen molar-refractivity contribution >= 4 is 5.71 Å². The number of hydrogen-bond acceptors (Lipinski definition) is 5. The summed E-state index contributed by atoms with van der Waals surface area (Å²) in [4.78, 5) is 0. The maximum Gasteiger partial charge on any atom is 0.214 e. The summed E-state index contributed by atoms with van der Waals surface area (Å²) in [5.41, 5.74) is 4.82. The second-order valence-electron chi connectivity index (χ2n) is 7.45. The molecular formula is C24H22N2O3. The summed E-state index contributed by atoms with van der Waals surface area (Å²) in [7, 11) is 1.66. The average molecular weight is 386 g/mol. The van der Waals surface area contributed by atoms with Crippen LogP contribution in [0, 0.1) is 6.92 Å². The molecule has 2 heterocycles. The molecule has 5 nitrogen and oxygen atoms in total. The van der Waals surface area contributed by atoms with E-state index in [2.05, 4.69) is 6.07 Å². The van der Waals surface area contributed by atoms with Crippen molar-refractivity contribution in [3.8, 4) is 17.2 Å². The smallest absolute Gasteiger partial charge is 0.214 e. The second-order valence-corrected chi connectivity index (χ2v) is 7.45. The van der Waals surface area contributed by atoms with Crippen molar-refractivity contribution in [3.63, 3.8) is 0 Å². The Kier molecular flexibility index (Phi) is 4.16. The number of phenolic OH excluding ortho intramolecular Hbond substituents is 1. The predicted molar refractivity (Wildman–Crippen MR) is 111 cm³/mol. The average Bonchev–Trinajstić information content (AvgIpc) is 3.20. The zero-order valence-corrected chi connectivity index (χ0v) is 16.4. The molecule has 0 bridgehead atoms. The van der Waals surface area contributed by atoms with Crippen molar-refractivity contribution in [2.24, 2.45) is 5.10 Å². The van der Waals surface area contributed by atoms with Gasteiger partial charge in [-0.15, -0.1) is 0 Å². The van der Waals surface area contributed by atoms with Gasteiger partial charge in [-0.1, -0.05) is 42.0 Å². The minimum atomic E-state index is -0.366. The Balaban J connectivity index is 1.61. The monoisotopic (exact) mass is 386 g/mol. The van der Waals surface area contributed by atoms with Gasteiger partial charge in [0.15, 0.2) is 0 Å². The summed E-state index contributed by atoms with van der Waals surface area (Å²) in [5, 5.41) is 17.4. The highest BCUT2D eigenvalue weighted by Crippen LogP contribution is 2.48. The highest BCUT2D eigenvalue weighted by molar-refractivity contribution is 6.04. The molecule has 2 aliphatic heterocycles. The van der Waals surface area contributed by atoms with Gasteiger partial charge in [0.2, 0.25) is 6.23 Å². The molecule has 5 rings (SSSR count). The number of aryl methyl sites for hydroxylation is 1. The normalized spacial score (nSPS) is 19.8. The van der Waals surface area contributed by atoms with Gasteiger partial charge in [0.1, 0.15) is 17.2 Å². The van der Waals surface area contributed by atoms with Crippen molar-refractivity contribution < 1.29 is 14.6 Å². The molecule has 1 N–H and O–H groups in total. The fourth-order valence-electron chi connectivity index (χ4n) is 4.09. The van der Waals surface area contributed by atoms with Crippen LogP contribution in [0.15, 0.2) is 71.8 Å². The Morgan fingerprint density at radius 3 is 2.79 bits per heavy atom. The molecule has 0 aromatic heterocycles. The van der Waals surface area contributed by atoms with Crippen LogP contribution in [0.4, 0.5) is 0 Å². The van der Waals surface area contributed by atoms with Crippen molar-refractivity contribution in [1.29, 1.82) is 0 Å². The molecule has 2 atom stereocenters. The molecule has 0 spiro atoms. The standard InChI is InChI=1S/C24H22N2O3/c1-15-10-11-22(27)19(12-15)20-14-21-18-8-3-4-9-23(18)29-24(26(21)25-20)16-6-5-7-17(13-16)28-2/h3-13,21,24,27H,14H2,1-2H3/t21-,24+/m0/s1. The van der Waals surface area contributed by atoms with Crippen LogP contribution in [0.5, 0.6) is 17.2 Å². The molecule has 3 aromatic rings. The highest BCUT2D eigenvalue weighted by atomic mass is 16.5. The number of hydrazone groups is 1. The van der Waals surface area contributed by atoms with Crippen molar-refractivity contribution in [2.75, 3.05) is 7.11 Å². The first-order valence-electron chi connectivity index (χ1n) is 9.69. The Morgan fingerprint density at radius 1 is 1.07 bits per heavy atom. The van der Waals surface area contributed by atoms with Crippen LogP contribution in [0.25, 0.3) is 0 Å². The van der Waals surface area contributed by atoms with Gasteiger partial charge in [0, 0.05) is 23.1 Å². The molecule has 0 amide bonds. The van der Waals surface area contributed by atoms with Gasteiger partial charge >= 0.3 is 0 Å². The van der Waals surface area contributed by atoms with Crippen LogP contribution >= 0.6 is 0 Å². The van der Waals surface area contributed by atoms with Gasteiger partial charge in [0.25, 0.3) is 0 Å². The van der Waals surface area contributed by atoms with Gasteiger partial charge in [-0.2, -0.15) is 5.10 Å². The number of ether oxygens (including phenoxy) is 2. The first-order chi connectivity index (χ1) is 14.1. The Labute approximate surface area is 169 Å². The molecule has 146 valence electrons. The maximum absolute atomic E-state index is 10.4. The molecule has 0 fully saturated rings. The van der Waals surface area contributed by atoms with Gasteiger partial charge in [-0.25, -0.2) is 5.01 Å². The summed E-state index contributed by atoms with van der Waals surface area (Å²) in [5.74, 6) is 1.90. The number of nitrogens with zero attached hydrogens (tertiary/aromatic N) is 2. The van der Waals surface area contributed by atoms with E-state index in [1.54, 1.807) is 13.2 Å². The topological polar surface area (TPSA) is 54.3 Å². The predicted octanol–water partition coefficient (Wildman–Crippen LogP) is 4.95. The summed E-state index contributed by atoms with van der Waals surface area (Å²) < 4.78 is 11.8. The highest BCUT2D eigenvalue weighted by Gasteiger charge is 2.41. The molecule has 29 heavy (non-hydrogen) atoms. The lowest BCUT2D eigenvalue weighted by Crippen LogP contribution is -2.33. The molecule has 3 aromatic carbocycles. The lowest BCUT2D eigenvalue weighted by Gasteiger charge is -2.38. The fourth-order valence-corrected chi connectivity index (χ4v) is 4.09. The van der Waals surface area contributed by atoms with Gasteiger partial charge in [-0.05, 0) is 37.3 Å². The van der Waals surface area contributed by atoms with Crippen molar-refractivity contribution in [2.45, 2.75) is 25.6 Å². The van der Waals surface area contributed by atoms with Crippen LogP contribution < -0.4 is 9.47 Å². The second kappa shape index (κ2) is 6.85. The van der Waals surface area contributed by atoms with Gasteiger partial charge in [-0.3, -0.25) is 0 Å². The molecule has 5 heteroatoms. The third-order valence-electron chi connectivity index (χ3n) is 5.54. The molecule has 0 radical (unpaired) electrons. The zero-order valence-electron chi connectivity index (χ0n) is 16.4. The van der Waals surface area contributed by atoms with E-state index < -0.39 is 0 Å². The lowest BCUT2D eigenvalue weighted by atomic mass is 9.95. The molecule has 0 saturated heterocycles. The van der Waals surface area contributed by atoms with E-state index in [0.717, 1.165) is 39.5 Å². The molecular weight excluding hydrogens is 364 g/mol. The third kappa shape index (κ3) is 2.99. The maximum atomic E-state index is 10.4. The first kappa shape index (κ1) is 17.6. The van der Waals surface area contributed by atoms with Crippen molar-refractivity contribution in [3.05, 3.63) is 89.0 Å². The molecule has 0 unspecified atom stereocenters. The number of hydrogen-bond donors (Lipinski definition) is 1. The third-order valence-corrected chi connectivity index (χ3v) is 5.54. The van der Waals surface area contributed by atoms with E-state index in [9.17, 15) is 5.11 Å². The molecule has 0 saturated carbocycles. The number of benzene rings is 3. The number of methoxy groups -OCH3 is 1. The van der Waals surface area contributed by atoms with Crippen molar-refractivity contribution in [1.82, 2.24) is 5.01 Å². The van der Waals surface area contributed by atoms with E-state index in [1.165, 1.54) is 0 Å². The van der Waals surface area contributed by atoms with E-state index in [4.69, 9.17) is 14.6 Å².